The summed E-state index contributed by atoms with van der Waals surface area (Å²) in [6.07, 6.45) is 0. The Morgan fingerprint density at radius 2 is 1.24 bits per heavy atom. The molecule has 0 spiro atoms. The molecular weight excluding hydrogens is 306 g/mol. The van der Waals surface area contributed by atoms with Crippen LogP contribution in [0, 0.1) is 0 Å². The molecule has 0 bridgehead atoms. The van der Waals surface area contributed by atoms with Gasteiger partial charge in [-0.3, -0.25) is 0 Å². The van der Waals surface area contributed by atoms with Gasteiger partial charge in [0.25, 0.3) is 0 Å². The molecule has 5 rings (SSSR count). The number of hydrogen-bond donors (Lipinski definition) is 1. The molecule has 120 valence electrons. The number of fused-ring (bicyclic) bond motifs is 5. The molecule has 0 unspecified atom stereocenters. The lowest BCUT2D eigenvalue weighted by Gasteiger charge is -2.12. The molecule has 5 aromatic carbocycles. The zero-order valence-corrected chi connectivity index (χ0v) is 13.9. The van der Waals surface area contributed by atoms with Crippen LogP contribution in [0.4, 0.5) is 5.69 Å². The molecule has 2 heteroatoms. The first-order chi connectivity index (χ1) is 12.2. The van der Waals surface area contributed by atoms with Crippen LogP contribution in [-0.2, 0) is 0 Å². The average Bonchev–Trinajstić information content (AvgIpc) is 2.65. The van der Waals surface area contributed by atoms with Crippen molar-refractivity contribution in [3.63, 3.8) is 0 Å². The van der Waals surface area contributed by atoms with Crippen molar-refractivity contribution in [2.24, 2.45) is 0 Å². The van der Waals surface area contributed by atoms with E-state index in [-0.39, 0.29) is 0 Å². The first kappa shape index (κ1) is 14.1. The van der Waals surface area contributed by atoms with E-state index in [4.69, 9.17) is 10.5 Å². The number of anilines is 1. The molecule has 0 saturated carbocycles. The summed E-state index contributed by atoms with van der Waals surface area (Å²) in [5.41, 5.74) is 7.02. The van der Waals surface area contributed by atoms with E-state index in [1.807, 2.05) is 12.1 Å². The number of rotatable bonds is 1. The summed E-state index contributed by atoms with van der Waals surface area (Å²) in [5, 5.41) is 9.50. The van der Waals surface area contributed by atoms with Crippen LogP contribution in [-0.4, -0.2) is 7.11 Å². The van der Waals surface area contributed by atoms with Crippen molar-refractivity contribution in [2.75, 3.05) is 12.8 Å². The Morgan fingerprint density at radius 1 is 0.600 bits per heavy atom. The van der Waals surface area contributed by atoms with Crippen LogP contribution in [0.5, 0.6) is 5.75 Å². The van der Waals surface area contributed by atoms with Crippen LogP contribution in [0.1, 0.15) is 0 Å². The van der Waals surface area contributed by atoms with Gasteiger partial charge in [0, 0.05) is 16.5 Å². The van der Waals surface area contributed by atoms with Crippen molar-refractivity contribution in [1.29, 1.82) is 0 Å². The Kier molecular flexibility index (Phi) is 2.89. The lowest BCUT2D eigenvalue weighted by molar-refractivity contribution is 0.420. The van der Waals surface area contributed by atoms with Gasteiger partial charge in [0.1, 0.15) is 5.75 Å². The summed E-state index contributed by atoms with van der Waals surface area (Å²) in [5.74, 6) is 0.852. The lowest BCUT2D eigenvalue weighted by Crippen LogP contribution is -1.91. The second-order valence-corrected chi connectivity index (χ2v) is 6.46. The van der Waals surface area contributed by atoms with Gasteiger partial charge >= 0.3 is 0 Å². The minimum absolute atomic E-state index is 0.774. The molecule has 0 fully saturated rings. The Bertz CT molecular complexity index is 1290. The number of nitrogen functional groups attached to an aromatic ring is 1. The number of nitrogens with two attached hydrogens (primary N) is 1. The summed E-state index contributed by atoms with van der Waals surface area (Å²) in [4.78, 5) is 0. The number of ether oxygens (including phenoxy) is 1. The second kappa shape index (κ2) is 5.12. The molecule has 2 N–H and O–H groups in total. The van der Waals surface area contributed by atoms with Gasteiger partial charge in [-0.15, -0.1) is 0 Å². The second-order valence-electron chi connectivity index (χ2n) is 6.46. The molecule has 0 amide bonds. The van der Waals surface area contributed by atoms with Crippen LogP contribution in [0.15, 0.2) is 72.8 Å². The van der Waals surface area contributed by atoms with Gasteiger partial charge in [-0.2, -0.15) is 0 Å². The van der Waals surface area contributed by atoms with E-state index in [1.165, 1.54) is 32.3 Å². The van der Waals surface area contributed by atoms with E-state index in [2.05, 4.69) is 60.7 Å². The van der Waals surface area contributed by atoms with Crippen molar-refractivity contribution in [3.05, 3.63) is 72.8 Å². The van der Waals surface area contributed by atoms with Gasteiger partial charge in [0.2, 0.25) is 0 Å². The van der Waals surface area contributed by atoms with Crippen LogP contribution in [0.3, 0.4) is 0 Å². The predicted molar refractivity (Wildman–Crippen MR) is 107 cm³/mol. The third-order valence-electron chi connectivity index (χ3n) is 5.05. The van der Waals surface area contributed by atoms with Crippen LogP contribution >= 0.6 is 0 Å². The largest absolute Gasteiger partial charge is 0.496 e. The molecule has 0 aromatic heterocycles. The molecule has 25 heavy (non-hydrogen) atoms. The van der Waals surface area contributed by atoms with Gasteiger partial charge in [-0.25, -0.2) is 0 Å². The Morgan fingerprint density at radius 3 is 2.00 bits per heavy atom. The van der Waals surface area contributed by atoms with Crippen molar-refractivity contribution < 1.29 is 4.74 Å². The molecule has 0 atom stereocenters. The molecule has 0 aliphatic rings. The number of benzene rings is 5. The van der Waals surface area contributed by atoms with Crippen LogP contribution < -0.4 is 10.5 Å². The zero-order valence-electron chi connectivity index (χ0n) is 13.9. The first-order valence-corrected chi connectivity index (χ1v) is 8.36. The SMILES string of the molecule is COc1ccc(N)c2cc3c(ccc4cc5ccccc5cc43)cc12. The maximum Gasteiger partial charge on any atom is 0.126 e. The number of hydrogen-bond acceptors (Lipinski definition) is 2. The van der Waals surface area contributed by atoms with Gasteiger partial charge in [-0.05, 0) is 68.7 Å². The third-order valence-corrected chi connectivity index (χ3v) is 5.05. The third kappa shape index (κ3) is 2.04. The zero-order chi connectivity index (χ0) is 17.0. The maximum atomic E-state index is 6.25. The first-order valence-electron chi connectivity index (χ1n) is 8.36. The molecule has 0 saturated heterocycles. The molecule has 0 radical (unpaired) electrons. The van der Waals surface area contributed by atoms with Gasteiger partial charge in [0.15, 0.2) is 0 Å². The van der Waals surface area contributed by atoms with E-state index < -0.39 is 0 Å². The topological polar surface area (TPSA) is 35.2 Å². The monoisotopic (exact) mass is 323 g/mol. The molecule has 2 nitrogen and oxygen atoms in total. The van der Waals surface area contributed by atoms with E-state index in [0.717, 1.165) is 22.2 Å². The molecule has 5 aromatic rings. The van der Waals surface area contributed by atoms with E-state index >= 15 is 0 Å². The normalized spacial score (nSPS) is 11.6. The Hall–Kier alpha value is -3.26. The van der Waals surface area contributed by atoms with Crippen LogP contribution in [0.25, 0.3) is 43.1 Å². The summed E-state index contributed by atoms with van der Waals surface area (Å²) < 4.78 is 5.52. The quantitative estimate of drug-likeness (QED) is 0.237. The van der Waals surface area contributed by atoms with E-state index in [0.29, 0.717) is 0 Å². The fourth-order valence-electron chi connectivity index (χ4n) is 3.76. The van der Waals surface area contributed by atoms with Crippen molar-refractivity contribution in [1.82, 2.24) is 0 Å². The Labute approximate surface area is 145 Å². The lowest BCUT2D eigenvalue weighted by atomic mass is 9.95. The smallest absolute Gasteiger partial charge is 0.126 e. The predicted octanol–water partition coefficient (Wildman–Crippen LogP) is 5.89. The van der Waals surface area contributed by atoms with Gasteiger partial charge in [0.05, 0.1) is 7.11 Å². The van der Waals surface area contributed by atoms with E-state index in [9.17, 15) is 0 Å². The fourth-order valence-corrected chi connectivity index (χ4v) is 3.76. The molecule has 0 aliphatic carbocycles. The Balaban J connectivity index is 1.97. The van der Waals surface area contributed by atoms with Crippen molar-refractivity contribution in [3.8, 4) is 5.75 Å². The fraction of sp³-hybridized carbons (Fsp3) is 0.0435. The highest BCUT2D eigenvalue weighted by Gasteiger charge is 2.09. The van der Waals surface area contributed by atoms with Crippen molar-refractivity contribution >= 4 is 48.8 Å². The van der Waals surface area contributed by atoms with Crippen molar-refractivity contribution in [2.45, 2.75) is 0 Å². The minimum atomic E-state index is 0.774. The highest BCUT2D eigenvalue weighted by Crippen LogP contribution is 2.37. The van der Waals surface area contributed by atoms with Gasteiger partial charge < -0.3 is 10.5 Å². The summed E-state index contributed by atoms with van der Waals surface area (Å²) in [6.45, 7) is 0. The molecule has 0 aliphatic heterocycles. The minimum Gasteiger partial charge on any atom is -0.496 e. The molecular formula is C23H17NO. The number of methoxy groups -OCH3 is 1. The molecule has 0 heterocycles. The van der Waals surface area contributed by atoms with E-state index in [1.54, 1.807) is 7.11 Å². The maximum absolute atomic E-state index is 6.25. The van der Waals surface area contributed by atoms with Gasteiger partial charge in [-0.1, -0.05) is 36.4 Å². The summed E-state index contributed by atoms with van der Waals surface area (Å²) in [6, 6.07) is 25.6. The summed E-state index contributed by atoms with van der Waals surface area (Å²) in [7, 11) is 1.70. The highest BCUT2D eigenvalue weighted by molar-refractivity contribution is 6.17. The standard InChI is InChI=1S/C23H17NO/c1-25-23-9-8-22(24)20-13-19-17(12-21(20)23)7-6-16-10-14-4-2-3-5-15(14)11-18(16)19/h2-13H,24H2,1H3. The van der Waals surface area contributed by atoms with Crippen LogP contribution in [0.2, 0.25) is 0 Å². The highest BCUT2D eigenvalue weighted by atomic mass is 16.5. The average molecular weight is 323 g/mol. The summed E-state index contributed by atoms with van der Waals surface area (Å²) >= 11 is 0.